The van der Waals surface area contributed by atoms with E-state index in [9.17, 15) is 4.79 Å². The van der Waals surface area contributed by atoms with Crippen LogP contribution in [-0.2, 0) is 17.9 Å². The standard InChI is InChI=1S/C20H21N3O2/c1-14-6-10-16(11-7-14)25-13-19-22-17-4-2-3-5-18(17)23(19)12-20(24)21-15-8-9-15/h2-7,10-11,15H,8-9,12-13H2,1H3,(H,21,24). The molecule has 5 nitrogen and oxygen atoms in total. The molecule has 0 radical (unpaired) electrons. The summed E-state index contributed by atoms with van der Waals surface area (Å²) in [6.07, 6.45) is 2.17. The molecular weight excluding hydrogens is 314 g/mol. The third kappa shape index (κ3) is 3.65. The minimum Gasteiger partial charge on any atom is -0.486 e. The summed E-state index contributed by atoms with van der Waals surface area (Å²) in [6.45, 7) is 2.64. The number of fused-ring (bicyclic) bond motifs is 1. The second-order valence-electron chi connectivity index (χ2n) is 6.55. The van der Waals surface area contributed by atoms with Crippen LogP contribution in [-0.4, -0.2) is 21.5 Å². The van der Waals surface area contributed by atoms with Gasteiger partial charge in [0.05, 0.1) is 11.0 Å². The molecule has 1 aromatic heterocycles. The summed E-state index contributed by atoms with van der Waals surface area (Å²) in [5, 5.41) is 3.04. The van der Waals surface area contributed by atoms with E-state index in [1.807, 2.05) is 60.0 Å². The number of benzene rings is 2. The predicted octanol–water partition coefficient (Wildman–Crippen LogP) is 3.20. The highest BCUT2D eigenvalue weighted by Crippen LogP contribution is 2.21. The summed E-state index contributed by atoms with van der Waals surface area (Å²) in [4.78, 5) is 16.9. The van der Waals surface area contributed by atoms with Crippen LogP contribution in [0.5, 0.6) is 5.75 Å². The molecule has 1 N–H and O–H groups in total. The van der Waals surface area contributed by atoms with Crippen molar-refractivity contribution in [3.63, 3.8) is 0 Å². The number of nitrogens with zero attached hydrogens (tertiary/aromatic N) is 2. The van der Waals surface area contributed by atoms with Crippen molar-refractivity contribution < 1.29 is 9.53 Å². The minimum atomic E-state index is 0.0299. The van der Waals surface area contributed by atoms with Crippen molar-refractivity contribution in [1.82, 2.24) is 14.9 Å². The molecule has 1 fully saturated rings. The number of aryl methyl sites for hydroxylation is 1. The Hall–Kier alpha value is -2.82. The third-order valence-electron chi connectivity index (χ3n) is 4.37. The van der Waals surface area contributed by atoms with E-state index < -0.39 is 0 Å². The van der Waals surface area contributed by atoms with Crippen LogP contribution >= 0.6 is 0 Å². The number of hydrogen-bond donors (Lipinski definition) is 1. The Morgan fingerprint density at radius 3 is 2.72 bits per heavy atom. The van der Waals surface area contributed by atoms with E-state index in [-0.39, 0.29) is 12.5 Å². The zero-order valence-electron chi connectivity index (χ0n) is 14.2. The Morgan fingerprint density at radius 2 is 1.96 bits per heavy atom. The van der Waals surface area contributed by atoms with Crippen LogP contribution in [0, 0.1) is 6.92 Å². The van der Waals surface area contributed by atoms with Crippen LogP contribution in [0.1, 0.15) is 24.2 Å². The van der Waals surface area contributed by atoms with Crippen LogP contribution < -0.4 is 10.1 Å². The van der Waals surface area contributed by atoms with Crippen LogP contribution in [0.25, 0.3) is 11.0 Å². The van der Waals surface area contributed by atoms with E-state index in [4.69, 9.17) is 4.74 Å². The lowest BCUT2D eigenvalue weighted by Gasteiger charge is -2.11. The van der Waals surface area contributed by atoms with Crippen molar-refractivity contribution in [2.75, 3.05) is 0 Å². The van der Waals surface area contributed by atoms with Gasteiger partial charge in [-0.3, -0.25) is 4.79 Å². The van der Waals surface area contributed by atoms with Gasteiger partial charge in [-0.15, -0.1) is 0 Å². The van der Waals surface area contributed by atoms with E-state index in [0.29, 0.717) is 12.6 Å². The molecular formula is C20H21N3O2. The molecule has 1 aliphatic rings. The van der Waals surface area contributed by atoms with Crippen molar-refractivity contribution >= 4 is 16.9 Å². The average molecular weight is 335 g/mol. The second-order valence-corrected chi connectivity index (χ2v) is 6.55. The number of imidazole rings is 1. The van der Waals surface area contributed by atoms with Gasteiger partial charge in [0.2, 0.25) is 5.91 Å². The van der Waals surface area contributed by atoms with Crippen molar-refractivity contribution in [2.45, 2.75) is 39.0 Å². The molecule has 1 saturated carbocycles. The summed E-state index contributed by atoms with van der Waals surface area (Å²) in [5.74, 6) is 1.58. The van der Waals surface area contributed by atoms with Crippen molar-refractivity contribution in [2.24, 2.45) is 0 Å². The van der Waals surface area contributed by atoms with E-state index in [2.05, 4.69) is 10.3 Å². The average Bonchev–Trinajstić information content (AvgIpc) is 3.36. The predicted molar refractivity (Wildman–Crippen MR) is 96.4 cm³/mol. The van der Waals surface area contributed by atoms with Gasteiger partial charge in [-0.05, 0) is 44.0 Å². The normalized spacial score (nSPS) is 13.8. The number of nitrogens with one attached hydrogen (secondary N) is 1. The number of para-hydroxylation sites is 2. The molecule has 1 heterocycles. The topological polar surface area (TPSA) is 56.2 Å². The smallest absolute Gasteiger partial charge is 0.240 e. The molecule has 0 unspecified atom stereocenters. The summed E-state index contributed by atoms with van der Waals surface area (Å²) < 4.78 is 7.82. The van der Waals surface area contributed by atoms with E-state index >= 15 is 0 Å². The monoisotopic (exact) mass is 335 g/mol. The molecule has 0 atom stereocenters. The maximum absolute atomic E-state index is 12.3. The van der Waals surface area contributed by atoms with E-state index in [0.717, 1.165) is 35.4 Å². The fourth-order valence-corrected chi connectivity index (χ4v) is 2.84. The number of carbonyl (C=O) groups is 1. The molecule has 4 rings (SSSR count). The number of hydrogen-bond acceptors (Lipinski definition) is 3. The van der Waals surface area contributed by atoms with Gasteiger partial charge in [-0.1, -0.05) is 29.8 Å². The first-order valence-corrected chi connectivity index (χ1v) is 8.62. The van der Waals surface area contributed by atoms with Gasteiger partial charge in [0.15, 0.2) is 0 Å². The summed E-state index contributed by atoms with van der Waals surface area (Å²) in [6, 6.07) is 16.1. The molecule has 25 heavy (non-hydrogen) atoms. The first-order chi connectivity index (χ1) is 12.2. The SMILES string of the molecule is Cc1ccc(OCc2nc3ccccc3n2CC(=O)NC2CC2)cc1. The summed E-state index contributed by atoms with van der Waals surface area (Å²) >= 11 is 0. The first kappa shape index (κ1) is 15.7. The summed E-state index contributed by atoms with van der Waals surface area (Å²) in [7, 11) is 0. The van der Waals surface area contributed by atoms with Gasteiger partial charge in [0, 0.05) is 6.04 Å². The minimum absolute atomic E-state index is 0.0299. The van der Waals surface area contributed by atoms with Gasteiger partial charge in [0.25, 0.3) is 0 Å². The molecule has 0 spiro atoms. The van der Waals surface area contributed by atoms with Crippen molar-refractivity contribution in [1.29, 1.82) is 0 Å². The van der Waals surface area contributed by atoms with Crippen LogP contribution in [0.15, 0.2) is 48.5 Å². The lowest BCUT2D eigenvalue weighted by atomic mass is 10.2. The molecule has 128 valence electrons. The van der Waals surface area contributed by atoms with Crippen molar-refractivity contribution in [3.05, 3.63) is 59.9 Å². The third-order valence-corrected chi connectivity index (χ3v) is 4.37. The van der Waals surface area contributed by atoms with Gasteiger partial charge in [0.1, 0.15) is 24.7 Å². The fraction of sp³-hybridized carbons (Fsp3) is 0.300. The number of carbonyl (C=O) groups excluding carboxylic acids is 1. The molecule has 0 saturated heterocycles. The molecule has 5 heteroatoms. The Bertz CT molecular complexity index is 895. The van der Waals surface area contributed by atoms with Crippen molar-refractivity contribution in [3.8, 4) is 5.75 Å². The molecule has 0 bridgehead atoms. The molecule has 0 aliphatic heterocycles. The quantitative estimate of drug-likeness (QED) is 0.752. The Balaban J connectivity index is 1.56. The highest BCUT2D eigenvalue weighted by Gasteiger charge is 2.24. The Labute approximate surface area is 146 Å². The van der Waals surface area contributed by atoms with Crippen LogP contribution in [0.3, 0.4) is 0 Å². The number of rotatable bonds is 6. The van der Waals surface area contributed by atoms with E-state index in [1.165, 1.54) is 5.56 Å². The zero-order valence-corrected chi connectivity index (χ0v) is 14.2. The molecule has 3 aromatic rings. The fourth-order valence-electron chi connectivity index (χ4n) is 2.84. The summed E-state index contributed by atoms with van der Waals surface area (Å²) in [5.41, 5.74) is 3.02. The molecule has 1 aliphatic carbocycles. The maximum atomic E-state index is 12.3. The largest absolute Gasteiger partial charge is 0.486 e. The lowest BCUT2D eigenvalue weighted by Crippen LogP contribution is -2.30. The zero-order chi connectivity index (χ0) is 17.2. The van der Waals surface area contributed by atoms with Gasteiger partial charge >= 0.3 is 0 Å². The molecule has 2 aromatic carbocycles. The maximum Gasteiger partial charge on any atom is 0.240 e. The highest BCUT2D eigenvalue weighted by atomic mass is 16.5. The first-order valence-electron chi connectivity index (χ1n) is 8.62. The number of amides is 1. The Morgan fingerprint density at radius 1 is 1.20 bits per heavy atom. The number of aromatic nitrogens is 2. The lowest BCUT2D eigenvalue weighted by molar-refractivity contribution is -0.121. The molecule has 1 amide bonds. The van der Waals surface area contributed by atoms with E-state index in [1.54, 1.807) is 0 Å². The highest BCUT2D eigenvalue weighted by molar-refractivity contribution is 5.81. The number of ether oxygens (including phenoxy) is 1. The Kier molecular flexibility index (Phi) is 4.14. The van der Waals surface area contributed by atoms with Crippen LogP contribution in [0.4, 0.5) is 0 Å². The van der Waals surface area contributed by atoms with Gasteiger partial charge in [-0.2, -0.15) is 0 Å². The van der Waals surface area contributed by atoms with Gasteiger partial charge < -0.3 is 14.6 Å². The van der Waals surface area contributed by atoms with Gasteiger partial charge in [-0.25, -0.2) is 4.98 Å². The van der Waals surface area contributed by atoms with Crippen LogP contribution in [0.2, 0.25) is 0 Å². The second kappa shape index (κ2) is 6.59.